The first-order valence-electron chi connectivity index (χ1n) is 5.76. The molecule has 1 saturated heterocycles. The molecule has 0 aliphatic carbocycles. The minimum Gasteiger partial charge on any atom is -0.378 e. The first-order chi connectivity index (χ1) is 8.24. The maximum atomic E-state index is 11.8. The number of rotatable bonds is 3. The van der Waals surface area contributed by atoms with Crippen LogP contribution in [0.4, 0.5) is 5.69 Å². The zero-order valence-corrected chi connectivity index (χ0v) is 12.4. The zero-order valence-electron chi connectivity index (χ0n) is 10.7. The Morgan fingerprint density at radius 2 is 2.32 bits per heavy atom. The highest BCUT2D eigenvalue weighted by Gasteiger charge is 2.16. The van der Waals surface area contributed by atoms with Crippen LogP contribution < -0.4 is 10.6 Å². The van der Waals surface area contributed by atoms with Gasteiger partial charge in [0.25, 0.3) is 0 Å². The number of amides is 1. The van der Waals surface area contributed by atoms with Crippen LogP contribution in [0.1, 0.15) is 12.0 Å². The van der Waals surface area contributed by atoms with Gasteiger partial charge in [0.05, 0.1) is 25.1 Å². The number of aromatic nitrogens is 1. The second kappa shape index (κ2) is 9.09. The molecule has 1 aliphatic rings. The number of pyridine rings is 1. The van der Waals surface area contributed by atoms with Crippen LogP contribution in [0.25, 0.3) is 0 Å². The van der Waals surface area contributed by atoms with Gasteiger partial charge in [0.2, 0.25) is 5.91 Å². The number of carbonyl (C=O) groups is 1. The number of nitrogens with zero attached hydrogens (tertiary/aromatic N) is 1. The molecule has 5 nitrogen and oxygen atoms in total. The molecule has 19 heavy (non-hydrogen) atoms. The van der Waals surface area contributed by atoms with Crippen LogP contribution in [-0.4, -0.2) is 36.7 Å². The minimum absolute atomic E-state index is 0. The smallest absolute Gasteiger partial charge is 0.226 e. The average molecular weight is 308 g/mol. The predicted octanol–water partition coefficient (Wildman–Crippen LogP) is 1.55. The number of carbonyl (C=O) groups excluding carboxylic acids is 1. The van der Waals surface area contributed by atoms with Crippen molar-refractivity contribution in [1.82, 2.24) is 10.3 Å². The van der Waals surface area contributed by atoms with Crippen LogP contribution in [0.2, 0.25) is 0 Å². The zero-order chi connectivity index (χ0) is 12.1. The number of hydrogen-bond donors (Lipinski definition) is 2. The Morgan fingerprint density at radius 3 is 2.95 bits per heavy atom. The van der Waals surface area contributed by atoms with Crippen LogP contribution in [0.3, 0.4) is 0 Å². The Kier molecular flexibility index (Phi) is 8.67. The van der Waals surface area contributed by atoms with Crippen molar-refractivity contribution < 1.29 is 9.53 Å². The third-order valence-corrected chi connectivity index (χ3v) is 2.59. The highest BCUT2D eigenvalue weighted by molar-refractivity contribution is 5.91. The molecule has 1 aliphatic heterocycles. The van der Waals surface area contributed by atoms with Crippen molar-refractivity contribution in [2.45, 2.75) is 19.4 Å². The van der Waals surface area contributed by atoms with E-state index in [2.05, 4.69) is 15.6 Å². The van der Waals surface area contributed by atoms with Gasteiger partial charge in [-0.05, 0) is 18.6 Å². The first-order valence-corrected chi connectivity index (χ1v) is 5.76. The van der Waals surface area contributed by atoms with Gasteiger partial charge in [0, 0.05) is 25.2 Å². The highest BCUT2D eigenvalue weighted by atomic mass is 35.5. The van der Waals surface area contributed by atoms with E-state index in [9.17, 15) is 4.79 Å². The van der Waals surface area contributed by atoms with Crippen LogP contribution >= 0.6 is 24.8 Å². The van der Waals surface area contributed by atoms with Gasteiger partial charge in [0.1, 0.15) is 0 Å². The largest absolute Gasteiger partial charge is 0.378 e. The Labute approximate surface area is 125 Å². The lowest BCUT2D eigenvalue weighted by Crippen LogP contribution is -2.43. The molecule has 1 amide bonds. The van der Waals surface area contributed by atoms with E-state index >= 15 is 0 Å². The third-order valence-electron chi connectivity index (χ3n) is 2.59. The van der Waals surface area contributed by atoms with Gasteiger partial charge in [-0.15, -0.1) is 24.8 Å². The second-order valence-corrected chi connectivity index (χ2v) is 4.23. The fourth-order valence-electron chi connectivity index (χ4n) is 1.81. The molecule has 0 bridgehead atoms. The number of halogens is 2. The first kappa shape index (κ1) is 18.1. The lowest BCUT2D eigenvalue weighted by atomic mass is 10.2. The molecular formula is C12H19Cl2N3O2. The van der Waals surface area contributed by atoms with Crippen molar-refractivity contribution in [2.75, 3.05) is 25.1 Å². The van der Waals surface area contributed by atoms with Gasteiger partial charge >= 0.3 is 0 Å². The molecule has 1 atom stereocenters. The van der Waals surface area contributed by atoms with Crippen LogP contribution in [0, 0.1) is 6.92 Å². The minimum atomic E-state index is -0.0135. The maximum absolute atomic E-state index is 11.8. The maximum Gasteiger partial charge on any atom is 0.226 e. The van der Waals surface area contributed by atoms with Crippen LogP contribution in [0.5, 0.6) is 0 Å². The molecule has 1 unspecified atom stereocenters. The Bertz CT molecular complexity index is 398. The van der Waals surface area contributed by atoms with E-state index in [4.69, 9.17) is 4.74 Å². The van der Waals surface area contributed by atoms with Gasteiger partial charge in [-0.3, -0.25) is 9.78 Å². The van der Waals surface area contributed by atoms with E-state index in [1.807, 2.05) is 13.0 Å². The van der Waals surface area contributed by atoms with Gasteiger partial charge in [-0.1, -0.05) is 0 Å². The van der Waals surface area contributed by atoms with E-state index in [-0.39, 0.29) is 36.8 Å². The molecule has 2 heterocycles. The average Bonchev–Trinajstić information content (AvgIpc) is 2.30. The van der Waals surface area contributed by atoms with Crippen molar-refractivity contribution in [2.24, 2.45) is 0 Å². The molecule has 1 fully saturated rings. The van der Waals surface area contributed by atoms with E-state index in [1.54, 1.807) is 12.4 Å². The fourth-order valence-corrected chi connectivity index (χ4v) is 1.81. The summed E-state index contributed by atoms with van der Waals surface area (Å²) in [5, 5.41) is 6.08. The molecule has 0 radical (unpaired) electrons. The lowest BCUT2D eigenvalue weighted by Gasteiger charge is -2.23. The monoisotopic (exact) mass is 307 g/mol. The lowest BCUT2D eigenvalue weighted by molar-refractivity contribution is -0.117. The Morgan fingerprint density at radius 1 is 1.53 bits per heavy atom. The van der Waals surface area contributed by atoms with Crippen molar-refractivity contribution in [3.8, 4) is 0 Å². The number of ether oxygens (including phenoxy) is 1. The molecule has 7 heteroatoms. The predicted molar refractivity (Wildman–Crippen MR) is 79.3 cm³/mol. The standard InChI is InChI=1S/C12H17N3O2.2ClH/c1-9-4-10(7-13-6-9)15-12(16)5-11-8-17-3-2-14-11;;/h4,6-7,11,14H,2-3,5,8H2,1H3,(H,15,16);2*1H. The van der Waals surface area contributed by atoms with Gasteiger partial charge in [-0.2, -0.15) is 0 Å². The van der Waals surface area contributed by atoms with Crippen LogP contribution in [-0.2, 0) is 9.53 Å². The molecule has 108 valence electrons. The molecule has 0 spiro atoms. The van der Waals surface area contributed by atoms with Gasteiger partial charge in [-0.25, -0.2) is 0 Å². The molecule has 2 N–H and O–H groups in total. The molecular weight excluding hydrogens is 289 g/mol. The number of hydrogen-bond acceptors (Lipinski definition) is 4. The highest BCUT2D eigenvalue weighted by Crippen LogP contribution is 2.08. The quantitative estimate of drug-likeness (QED) is 0.889. The molecule has 1 aromatic heterocycles. The van der Waals surface area contributed by atoms with Crippen molar-refractivity contribution in [3.63, 3.8) is 0 Å². The molecule has 2 rings (SSSR count). The summed E-state index contributed by atoms with van der Waals surface area (Å²) < 4.78 is 5.30. The molecule has 0 aromatic carbocycles. The Hall–Kier alpha value is -0.880. The number of morpholine rings is 1. The van der Waals surface area contributed by atoms with E-state index < -0.39 is 0 Å². The van der Waals surface area contributed by atoms with Crippen molar-refractivity contribution in [1.29, 1.82) is 0 Å². The second-order valence-electron chi connectivity index (χ2n) is 4.23. The van der Waals surface area contributed by atoms with Gasteiger partial charge < -0.3 is 15.4 Å². The van der Waals surface area contributed by atoms with Crippen molar-refractivity contribution >= 4 is 36.4 Å². The van der Waals surface area contributed by atoms with E-state index in [1.165, 1.54) is 0 Å². The summed E-state index contributed by atoms with van der Waals surface area (Å²) in [5.41, 5.74) is 1.77. The van der Waals surface area contributed by atoms with Crippen LogP contribution in [0.15, 0.2) is 18.5 Å². The number of anilines is 1. The molecule has 0 saturated carbocycles. The third kappa shape index (κ3) is 6.20. The summed E-state index contributed by atoms with van der Waals surface area (Å²) in [6, 6.07) is 2.01. The summed E-state index contributed by atoms with van der Waals surface area (Å²) in [4.78, 5) is 15.8. The summed E-state index contributed by atoms with van der Waals surface area (Å²) >= 11 is 0. The van der Waals surface area contributed by atoms with E-state index in [0.29, 0.717) is 13.0 Å². The summed E-state index contributed by atoms with van der Waals surface area (Å²) in [6.45, 7) is 4.07. The fraction of sp³-hybridized carbons (Fsp3) is 0.500. The number of aryl methyl sites for hydroxylation is 1. The number of nitrogens with one attached hydrogen (secondary N) is 2. The summed E-state index contributed by atoms with van der Waals surface area (Å²) in [7, 11) is 0. The molecule has 1 aromatic rings. The summed E-state index contributed by atoms with van der Waals surface area (Å²) in [6.07, 6.45) is 3.83. The Balaban J connectivity index is 0.00000162. The van der Waals surface area contributed by atoms with E-state index in [0.717, 1.165) is 24.4 Å². The van der Waals surface area contributed by atoms with Crippen molar-refractivity contribution in [3.05, 3.63) is 24.0 Å². The topological polar surface area (TPSA) is 63.2 Å². The summed E-state index contributed by atoms with van der Waals surface area (Å²) in [5.74, 6) is -0.0135. The normalized spacial score (nSPS) is 17.8. The SMILES string of the molecule is Cc1cncc(NC(=O)CC2COCCN2)c1.Cl.Cl. The van der Waals surface area contributed by atoms with Gasteiger partial charge in [0.15, 0.2) is 0 Å².